The zero-order chi connectivity index (χ0) is 19.2. The minimum atomic E-state index is -0.296. The average Bonchev–Trinajstić information content (AvgIpc) is 2.69. The van der Waals surface area contributed by atoms with Crippen molar-refractivity contribution in [1.82, 2.24) is 9.55 Å². The molecule has 3 rings (SSSR count). The Morgan fingerprint density at radius 3 is 2.70 bits per heavy atom. The summed E-state index contributed by atoms with van der Waals surface area (Å²) >= 11 is 1.11. The van der Waals surface area contributed by atoms with Gasteiger partial charge in [0.2, 0.25) is 5.91 Å². The molecule has 1 aromatic heterocycles. The molecule has 0 fully saturated rings. The Hall–Kier alpha value is -3.06. The summed E-state index contributed by atoms with van der Waals surface area (Å²) in [7, 11) is 1.55. The quantitative estimate of drug-likeness (QED) is 0.664. The number of hydrogen-bond donors (Lipinski definition) is 1. The molecule has 0 atom stereocenters. The molecule has 2 aromatic carbocycles. The van der Waals surface area contributed by atoms with Crippen LogP contribution in [0.15, 0.2) is 70.7 Å². The Kier molecular flexibility index (Phi) is 5.93. The van der Waals surface area contributed by atoms with Crippen LogP contribution < -0.4 is 15.6 Å². The SMILES string of the molecule is COc1ccccc1-n1ccnc(SCC(=O)Nc2ccccc2C)c1=O. The van der Waals surface area contributed by atoms with E-state index in [9.17, 15) is 9.59 Å². The predicted octanol–water partition coefficient (Wildman–Crippen LogP) is 3.28. The highest BCUT2D eigenvalue weighted by molar-refractivity contribution is 7.99. The van der Waals surface area contributed by atoms with Gasteiger partial charge in [-0.2, -0.15) is 0 Å². The number of benzene rings is 2. The fourth-order valence-corrected chi connectivity index (χ4v) is 3.24. The zero-order valence-corrected chi connectivity index (χ0v) is 15.8. The first-order valence-corrected chi connectivity index (χ1v) is 9.28. The first kappa shape index (κ1) is 18.7. The standard InChI is InChI=1S/C20H19N3O3S/c1-14-7-3-4-8-15(14)22-18(24)13-27-19-20(25)23(12-11-21-19)16-9-5-6-10-17(16)26-2/h3-12H,13H2,1-2H3,(H,22,24). The van der Waals surface area contributed by atoms with E-state index in [4.69, 9.17) is 4.74 Å². The Morgan fingerprint density at radius 1 is 1.19 bits per heavy atom. The molecule has 3 aromatic rings. The maximum atomic E-state index is 12.8. The number of hydrogen-bond acceptors (Lipinski definition) is 5. The number of ether oxygens (including phenoxy) is 1. The summed E-state index contributed by atoms with van der Waals surface area (Å²) in [5, 5.41) is 3.10. The van der Waals surface area contributed by atoms with E-state index in [-0.39, 0.29) is 22.2 Å². The van der Waals surface area contributed by atoms with Crippen molar-refractivity contribution in [2.24, 2.45) is 0 Å². The summed E-state index contributed by atoms with van der Waals surface area (Å²) in [6.45, 7) is 1.92. The number of carbonyl (C=O) groups is 1. The third kappa shape index (κ3) is 4.38. The first-order valence-electron chi connectivity index (χ1n) is 8.29. The highest BCUT2D eigenvalue weighted by Gasteiger charge is 2.12. The Bertz CT molecular complexity index is 1020. The summed E-state index contributed by atoms with van der Waals surface area (Å²) < 4.78 is 6.79. The molecule has 6 nitrogen and oxygen atoms in total. The summed E-state index contributed by atoms with van der Waals surface area (Å²) in [5.41, 5.74) is 2.07. The number of nitrogens with one attached hydrogen (secondary N) is 1. The van der Waals surface area contributed by atoms with Crippen molar-refractivity contribution in [3.63, 3.8) is 0 Å². The van der Waals surface area contributed by atoms with Crippen LogP contribution in [0.1, 0.15) is 5.56 Å². The second-order valence-electron chi connectivity index (χ2n) is 5.73. The van der Waals surface area contributed by atoms with Crippen molar-refractivity contribution in [2.45, 2.75) is 11.9 Å². The van der Waals surface area contributed by atoms with Gasteiger partial charge >= 0.3 is 0 Å². The number of anilines is 1. The Balaban J connectivity index is 1.76. The average molecular weight is 381 g/mol. The molecule has 0 aliphatic heterocycles. The lowest BCUT2D eigenvalue weighted by Crippen LogP contribution is -2.22. The number of thioether (sulfide) groups is 1. The number of aryl methyl sites for hydroxylation is 1. The first-order chi connectivity index (χ1) is 13.1. The van der Waals surface area contributed by atoms with Gasteiger partial charge in [0.25, 0.3) is 5.56 Å². The van der Waals surface area contributed by atoms with Crippen LogP contribution in [0.2, 0.25) is 0 Å². The van der Waals surface area contributed by atoms with E-state index in [1.54, 1.807) is 25.4 Å². The number of carbonyl (C=O) groups excluding carboxylic acids is 1. The number of amides is 1. The van der Waals surface area contributed by atoms with Crippen molar-refractivity contribution in [1.29, 1.82) is 0 Å². The lowest BCUT2D eigenvalue weighted by Gasteiger charge is -2.11. The topological polar surface area (TPSA) is 73.2 Å². The van der Waals surface area contributed by atoms with Crippen LogP contribution in [0.4, 0.5) is 5.69 Å². The van der Waals surface area contributed by atoms with Crippen molar-refractivity contribution >= 4 is 23.4 Å². The predicted molar refractivity (Wildman–Crippen MR) is 107 cm³/mol. The van der Waals surface area contributed by atoms with Crippen LogP contribution >= 0.6 is 11.8 Å². The van der Waals surface area contributed by atoms with E-state index in [2.05, 4.69) is 10.3 Å². The maximum absolute atomic E-state index is 12.8. The lowest BCUT2D eigenvalue weighted by molar-refractivity contribution is -0.113. The normalized spacial score (nSPS) is 10.4. The van der Waals surface area contributed by atoms with E-state index >= 15 is 0 Å². The molecule has 138 valence electrons. The van der Waals surface area contributed by atoms with Gasteiger partial charge in [-0.1, -0.05) is 42.1 Å². The van der Waals surface area contributed by atoms with Crippen molar-refractivity contribution in [3.05, 3.63) is 76.8 Å². The Morgan fingerprint density at radius 2 is 1.93 bits per heavy atom. The summed E-state index contributed by atoms with van der Waals surface area (Å²) in [5.74, 6) is 0.481. The molecule has 0 unspecified atom stereocenters. The van der Waals surface area contributed by atoms with Gasteiger partial charge in [-0.05, 0) is 30.7 Å². The molecule has 7 heteroatoms. The van der Waals surface area contributed by atoms with Gasteiger partial charge in [0, 0.05) is 18.1 Å². The highest BCUT2D eigenvalue weighted by Crippen LogP contribution is 2.21. The molecular weight excluding hydrogens is 362 g/mol. The molecule has 1 N–H and O–H groups in total. The monoisotopic (exact) mass is 381 g/mol. The summed E-state index contributed by atoms with van der Waals surface area (Å²) in [6, 6.07) is 14.8. The zero-order valence-electron chi connectivity index (χ0n) is 15.0. The summed E-state index contributed by atoms with van der Waals surface area (Å²) in [4.78, 5) is 29.1. The Labute approximate surface area is 161 Å². The largest absolute Gasteiger partial charge is 0.495 e. The van der Waals surface area contributed by atoms with Gasteiger partial charge in [0.05, 0.1) is 18.6 Å². The molecule has 1 amide bonds. The molecule has 0 saturated heterocycles. The summed E-state index contributed by atoms with van der Waals surface area (Å²) in [6.07, 6.45) is 3.12. The van der Waals surface area contributed by atoms with Crippen molar-refractivity contribution < 1.29 is 9.53 Å². The molecule has 1 heterocycles. The smallest absolute Gasteiger partial charge is 0.287 e. The molecule has 0 saturated carbocycles. The molecule has 0 aliphatic rings. The number of aromatic nitrogens is 2. The van der Waals surface area contributed by atoms with Gasteiger partial charge in [0.1, 0.15) is 5.75 Å². The number of methoxy groups -OCH3 is 1. The lowest BCUT2D eigenvalue weighted by atomic mass is 10.2. The van der Waals surface area contributed by atoms with Gasteiger partial charge in [0.15, 0.2) is 5.03 Å². The van der Waals surface area contributed by atoms with Crippen LogP contribution in [-0.2, 0) is 4.79 Å². The minimum Gasteiger partial charge on any atom is -0.495 e. The second kappa shape index (κ2) is 8.55. The second-order valence-corrected chi connectivity index (χ2v) is 6.70. The number of para-hydroxylation sites is 3. The van der Waals surface area contributed by atoms with E-state index in [0.717, 1.165) is 23.0 Å². The van der Waals surface area contributed by atoms with Gasteiger partial charge < -0.3 is 10.1 Å². The van der Waals surface area contributed by atoms with Crippen LogP contribution in [0.3, 0.4) is 0 Å². The fraction of sp³-hybridized carbons (Fsp3) is 0.150. The number of rotatable bonds is 6. The highest BCUT2D eigenvalue weighted by atomic mass is 32.2. The molecule has 0 bridgehead atoms. The van der Waals surface area contributed by atoms with Crippen LogP contribution in [0.25, 0.3) is 5.69 Å². The molecule has 0 aliphatic carbocycles. The van der Waals surface area contributed by atoms with Crippen LogP contribution in [0.5, 0.6) is 5.75 Å². The third-order valence-electron chi connectivity index (χ3n) is 3.91. The van der Waals surface area contributed by atoms with Gasteiger partial charge in [-0.15, -0.1) is 0 Å². The van der Waals surface area contributed by atoms with Crippen molar-refractivity contribution in [2.75, 3.05) is 18.2 Å². The van der Waals surface area contributed by atoms with Gasteiger partial charge in [-0.3, -0.25) is 14.2 Å². The van der Waals surface area contributed by atoms with Crippen molar-refractivity contribution in [3.8, 4) is 11.4 Å². The van der Waals surface area contributed by atoms with E-state index in [1.165, 1.54) is 10.8 Å². The molecular formula is C20H19N3O3S. The minimum absolute atomic E-state index is 0.0898. The van der Waals surface area contributed by atoms with E-state index in [1.807, 2.05) is 43.3 Å². The number of nitrogens with zero attached hydrogens (tertiary/aromatic N) is 2. The van der Waals surface area contributed by atoms with Crippen LogP contribution in [-0.4, -0.2) is 28.3 Å². The molecule has 0 radical (unpaired) electrons. The van der Waals surface area contributed by atoms with Gasteiger partial charge in [-0.25, -0.2) is 4.98 Å². The molecule has 27 heavy (non-hydrogen) atoms. The molecule has 0 spiro atoms. The van der Waals surface area contributed by atoms with E-state index in [0.29, 0.717) is 11.4 Å². The van der Waals surface area contributed by atoms with E-state index < -0.39 is 0 Å². The third-order valence-corrected chi connectivity index (χ3v) is 4.87. The van der Waals surface area contributed by atoms with Crippen LogP contribution in [0, 0.1) is 6.92 Å². The maximum Gasteiger partial charge on any atom is 0.287 e. The fourth-order valence-electron chi connectivity index (χ4n) is 2.54.